The fraction of sp³-hybridized carbons (Fsp3) is 1.00. The molecule has 10 nitrogen and oxygen atoms in total. The molecule has 0 aromatic carbocycles. The third-order valence-corrected chi connectivity index (χ3v) is 5.59. The molecule has 0 aromatic rings. The maximum absolute atomic E-state index is 12.5. The molecule has 33 heavy (non-hydrogen) atoms. The van der Waals surface area contributed by atoms with Crippen LogP contribution in [0.3, 0.4) is 0 Å². The quantitative estimate of drug-likeness (QED) is 0.116. The zero-order valence-corrected chi connectivity index (χ0v) is 21.9. The predicted octanol–water partition coefficient (Wildman–Crippen LogP) is 3.86. The summed E-state index contributed by atoms with van der Waals surface area (Å²) in [5.41, 5.74) is 0. The standard InChI is InChI=1S/C22H47O10P/c1-4-7-9-24-11-13-26-15-17-28-19-21-31-33(23,30-6-3)32-22-20-29-18-16-27-14-12-25-10-8-5-2/h4-22H2,1-3H3. The van der Waals surface area contributed by atoms with Crippen LogP contribution in [0.15, 0.2) is 0 Å². The SMILES string of the molecule is CCCCOCCOCCOCCOP(=O)(OCC)OCCOCCOCCOCCCC. The van der Waals surface area contributed by atoms with Gasteiger partial charge in [-0.05, 0) is 19.8 Å². The molecule has 0 rings (SSSR count). The van der Waals surface area contributed by atoms with Crippen LogP contribution in [-0.2, 0) is 46.6 Å². The van der Waals surface area contributed by atoms with Gasteiger partial charge in [0.2, 0.25) is 0 Å². The summed E-state index contributed by atoms with van der Waals surface area (Å²) in [7, 11) is -3.63. The summed E-state index contributed by atoms with van der Waals surface area (Å²) in [6.07, 6.45) is 4.38. The van der Waals surface area contributed by atoms with Crippen molar-refractivity contribution < 1.29 is 46.6 Å². The molecule has 0 bridgehead atoms. The lowest BCUT2D eigenvalue weighted by Gasteiger charge is -2.17. The average Bonchev–Trinajstić information content (AvgIpc) is 2.81. The van der Waals surface area contributed by atoms with Crippen molar-refractivity contribution in [1.82, 2.24) is 0 Å². The van der Waals surface area contributed by atoms with E-state index in [1.807, 2.05) is 0 Å². The van der Waals surface area contributed by atoms with Crippen molar-refractivity contribution in [2.75, 3.05) is 99.1 Å². The van der Waals surface area contributed by atoms with Gasteiger partial charge >= 0.3 is 7.82 Å². The van der Waals surface area contributed by atoms with Gasteiger partial charge in [-0.15, -0.1) is 0 Å². The van der Waals surface area contributed by atoms with Gasteiger partial charge in [0.25, 0.3) is 0 Å². The molecule has 0 aliphatic carbocycles. The highest BCUT2D eigenvalue weighted by Crippen LogP contribution is 2.49. The molecule has 0 fully saturated rings. The van der Waals surface area contributed by atoms with Crippen LogP contribution < -0.4 is 0 Å². The summed E-state index contributed by atoms with van der Waals surface area (Å²) in [5, 5.41) is 0. The largest absolute Gasteiger partial charge is 0.474 e. The van der Waals surface area contributed by atoms with Gasteiger partial charge < -0.3 is 28.4 Å². The van der Waals surface area contributed by atoms with Crippen molar-refractivity contribution in [2.24, 2.45) is 0 Å². The molecule has 0 unspecified atom stereocenters. The van der Waals surface area contributed by atoms with E-state index in [-0.39, 0.29) is 33.0 Å². The minimum absolute atomic E-state index is 0.0897. The maximum Gasteiger partial charge on any atom is 0.474 e. The zero-order chi connectivity index (χ0) is 24.3. The van der Waals surface area contributed by atoms with E-state index in [0.717, 1.165) is 38.9 Å². The first kappa shape index (κ1) is 32.9. The molecule has 11 heteroatoms. The molecule has 0 aliphatic heterocycles. The van der Waals surface area contributed by atoms with Crippen molar-refractivity contribution in [3.05, 3.63) is 0 Å². The number of rotatable bonds is 28. The molecular weight excluding hydrogens is 455 g/mol. The summed E-state index contributed by atoms with van der Waals surface area (Å²) in [4.78, 5) is 0. The topological polar surface area (TPSA) is 100 Å². The molecule has 0 spiro atoms. The first-order valence-electron chi connectivity index (χ1n) is 12.2. The van der Waals surface area contributed by atoms with E-state index in [4.69, 9.17) is 42.0 Å². The molecule has 0 aromatic heterocycles. The molecule has 0 saturated carbocycles. The van der Waals surface area contributed by atoms with E-state index >= 15 is 0 Å². The van der Waals surface area contributed by atoms with Gasteiger partial charge in [-0.1, -0.05) is 26.7 Å². The van der Waals surface area contributed by atoms with Crippen molar-refractivity contribution in [2.45, 2.75) is 46.5 Å². The van der Waals surface area contributed by atoms with Gasteiger partial charge in [0.05, 0.1) is 85.9 Å². The highest BCUT2D eigenvalue weighted by molar-refractivity contribution is 7.48. The molecule has 0 radical (unpaired) electrons. The number of hydrogen-bond acceptors (Lipinski definition) is 10. The number of unbranched alkanes of at least 4 members (excludes halogenated alkanes) is 2. The minimum atomic E-state index is -3.63. The monoisotopic (exact) mass is 502 g/mol. The van der Waals surface area contributed by atoms with E-state index < -0.39 is 7.82 Å². The summed E-state index contributed by atoms with van der Waals surface area (Å²) in [5.74, 6) is 0. The van der Waals surface area contributed by atoms with Crippen LogP contribution in [0.5, 0.6) is 0 Å². The predicted molar refractivity (Wildman–Crippen MR) is 126 cm³/mol. The van der Waals surface area contributed by atoms with E-state index in [0.29, 0.717) is 52.9 Å². The molecular formula is C22H47O10P. The molecule has 0 N–H and O–H groups in total. The van der Waals surface area contributed by atoms with Crippen molar-refractivity contribution in [3.8, 4) is 0 Å². The third-order valence-electron chi connectivity index (χ3n) is 4.01. The Morgan fingerprint density at radius 2 is 0.727 bits per heavy atom. The molecule has 0 aliphatic rings. The first-order valence-corrected chi connectivity index (χ1v) is 13.6. The smallest absolute Gasteiger partial charge is 0.379 e. The summed E-state index contributed by atoms with van der Waals surface area (Å²) in [6.45, 7) is 12.4. The fourth-order valence-electron chi connectivity index (χ4n) is 2.26. The van der Waals surface area contributed by atoms with Crippen molar-refractivity contribution >= 4 is 7.82 Å². The van der Waals surface area contributed by atoms with Gasteiger partial charge in [-0.3, -0.25) is 13.6 Å². The lowest BCUT2D eigenvalue weighted by Crippen LogP contribution is -2.14. The minimum Gasteiger partial charge on any atom is -0.379 e. The van der Waals surface area contributed by atoms with E-state index in [1.54, 1.807) is 6.92 Å². The van der Waals surface area contributed by atoms with Gasteiger partial charge in [-0.2, -0.15) is 0 Å². The van der Waals surface area contributed by atoms with Crippen LogP contribution >= 0.6 is 7.82 Å². The second-order valence-corrected chi connectivity index (χ2v) is 8.58. The third kappa shape index (κ3) is 24.8. The highest BCUT2D eigenvalue weighted by Gasteiger charge is 2.25. The Bertz CT molecular complexity index is 396. The molecule has 0 saturated heterocycles. The van der Waals surface area contributed by atoms with E-state index in [9.17, 15) is 4.57 Å². The van der Waals surface area contributed by atoms with Gasteiger partial charge in [0.1, 0.15) is 0 Å². The number of phosphoric acid groups is 1. The van der Waals surface area contributed by atoms with E-state index in [2.05, 4.69) is 13.8 Å². The van der Waals surface area contributed by atoms with Gasteiger partial charge in [-0.25, -0.2) is 4.57 Å². The molecule has 0 amide bonds. The number of ether oxygens (including phenoxy) is 6. The lowest BCUT2D eigenvalue weighted by atomic mass is 10.4. The van der Waals surface area contributed by atoms with Gasteiger partial charge in [0, 0.05) is 13.2 Å². The lowest BCUT2D eigenvalue weighted by molar-refractivity contribution is -0.000871. The average molecular weight is 503 g/mol. The Balaban J connectivity index is 3.57. The van der Waals surface area contributed by atoms with Crippen molar-refractivity contribution in [1.29, 1.82) is 0 Å². The van der Waals surface area contributed by atoms with E-state index in [1.165, 1.54) is 0 Å². The van der Waals surface area contributed by atoms with Crippen LogP contribution in [-0.4, -0.2) is 99.1 Å². The Labute approximate surface area is 200 Å². The van der Waals surface area contributed by atoms with Crippen LogP contribution in [0, 0.1) is 0 Å². The Morgan fingerprint density at radius 3 is 1.03 bits per heavy atom. The summed E-state index contributed by atoms with van der Waals surface area (Å²) < 4.78 is 60.6. The van der Waals surface area contributed by atoms with Gasteiger partial charge in [0.15, 0.2) is 0 Å². The Morgan fingerprint density at radius 1 is 0.424 bits per heavy atom. The Kier molecular flexibility index (Phi) is 26.4. The fourth-order valence-corrected chi connectivity index (χ4v) is 3.40. The number of phosphoric ester groups is 1. The highest BCUT2D eigenvalue weighted by atomic mass is 31.2. The summed E-state index contributed by atoms with van der Waals surface area (Å²) in [6, 6.07) is 0. The molecule has 0 heterocycles. The second-order valence-electron chi connectivity index (χ2n) is 6.91. The first-order chi connectivity index (χ1) is 16.2. The van der Waals surface area contributed by atoms with Crippen LogP contribution in [0.2, 0.25) is 0 Å². The van der Waals surface area contributed by atoms with Crippen LogP contribution in [0.4, 0.5) is 0 Å². The summed E-state index contributed by atoms with van der Waals surface area (Å²) >= 11 is 0. The maximum atomic E-state index is 12.5. The Hall–Kier alpha value is -0.130. The zero-order valence-electron chi connectivity index (χ0n) is 21.0. The molecule has 0 atom stereocenters. The second kappa shape index (κ2) is 26.5. The number of hydrogen-bond donors (Lipinski definition) is 0. The normalized spacial score (nSPS) is 12.0. The van der Waals surface area contributed by atoms with Crippen molar-refractivity contribution in [3.63, 3.8) is 0 Å². The molecule has 200 valence electrons. The van der Waals surface area contributed by atoms with Crippen LogP contribution in [0.25, 0.3) is 0 Å². The van der Waals surface area contributed by atoms with Crippen LogP contribution in [0.1, 0.15) is 46.5 Å².